The fourth-order valence-electron chi connectivity index (χ4n) is 1.33. The molecule has 0 atom stereocenters. The van der Waals surface area contributed by atoms with Crippen molar-refractivity contribution in [2.75, 3.05) is 11.0 Å². The first kappa shape index (κ1) is 10.7. The zero-order chi connectivity index (χ0) is 11.6. The molecule has 0 aliphatic rings. The summed E-state index contributed by atoms with van der Waals surface area (Å²) in [5.74, 6) is 0. The Morgan fingerprint density at radius 2 is 1.94 bits per heavy atom. The van der Waals surface area contributed by atoms with Crippen molar-refractivity contribution in [1.29, 1.82) is 0 Å². The van der Waals surface area contributed by atoms with E-state index in [9.17, 15) is 8.42 Å². The van der Waals surface area contributed by atoms with Gasteiger partial charge < -0.3 is 4.57 Å². The van der Waals surface area contributed by atoms with Gasteiger partial charge in [0.2, 0.25) is 10.0 Å². The second-order valence-corrected chi connectivity index (χ2v) is 5.14. The van der Waals surface area contributed by atoms with Crippen LogP contribution in [0.5, 0.6) is 0 Å². The molecule has 0 aliphatic heterocycles. The molecule has 0 radical (unpaired) electrons. The lowest BCUT2D eigenvalue weighted by Gasteiger charge is -2.05. The number of aromatic nitrogens is 2. The van der Waals surface area contributed by atoms with Crippen LogP contribution in [0.1, 0.15) is 0 Å². The van der Waals surface area contributed by atoms with Gasteiger partial charge in [-0.05, 0) is 24.3 Å². The summed E-state index contributed by atoms with van der Waals surface area (Å²) in [7, 11) is -3.21. The maximum Gasteiger partial charge on any atom is 0.229 e. The minimum absolute atomic E-state index is 0.548. The van der Waals surface area contributed by atoms with Crippen molar-refractivity contribution in [2.45, 2.75) is 0 Å². The van der Waals surface area contributed by atoms with Gasteiger partial charge in [-0.3, -0.25) is 4.72 Å². The van der Waals surface area contributed by atoms with Crippen molar-refractivity contribution in [3.8, 4) is 5.69 Å². The first-order valence-electron chi connectivity index (χ1n) is 4.61. The third-order valence-corrected chi connectivity index (χ3v) is 2.58. The Morgan fingerprint density at radius 3 is 2.44 bits per heavy atom. The highest BCUT2D eigenvalue weighted by Gasteiger charge is 2.01. The molecule has 0 saturated heterocycles. The van der Waals surface area contributed by atoms with Crippen LogP contribution in [-0.2, 0) is 10.0 Å². The number of hydrogen-bond donors (Lipinski definition) is 1. The Hall–Kier alpha value is -1.82. The quantitative estimate of drug-likeness (QED) is 0.873. The summed E-state index contributed by atoms with van der Waals surface area (Å²) in [6, 6.07) is 7.04. The van der Waals surface area contributed by atoms with Gasteiger partial charge in [0, 0.05) is 23.8 Å². The van der Waals surface area contributed by atoms with Crippen molar-refractivity contribution < 1.29 is 8.42 Å². The molecular formula is C10H11N3O2S. The molecule has 0 unspecified atom stereocenters. The van der Waals surface area contributed by atoms with Gasteiger partial charge >= 0.3 is 0 Å². The molecule has 5 nitrogen and oxygen atoms in total. The molecule has 0 bridgehead atoms. The van der Waals surface area contributed by atoms with Gasteiger partial charge in [-0.15, -0.1) is 0 Å². The monoisotopic (exact) mass is 237 g/mol. The summed E-state index contributed by atoms with van der Waals surface area (Å²) in [6.45, 7) is 0. The zero-order valence-corrected chi connectivity index (χ0v) is 9.48. The molecule has 1 N–H and O–H groups in total. The summed E-state index contributed by atoms with van der Waals surface area (Å²) in [5.41, 5.74) is 1.47. The van der Waals surface area contributed by atoms with Crippen LogP contribution in [-0.4, -0.2) is 24.2 Å². The van der Waals surface area contributed by atoms with Crippen molar-refractivity contribution in [3.05, 3.63) is 43.0 Å². The minimum Gasteiger partial charge on any atom is -0.306 e. The molecule has 0 aliphatic carbocycles. The van der Waals surface area contributed by atoms with E-state index in [-0.39, 0.29) is 0 Å². The number of nitrogens with zero attached hydrogens (tertiary/aromatic N) is 2. The summed E-state index contributed by atoms with van der Waals surface area (Å²) in [5, 5.41) is 0. The highest BCUT2D eigenvalue weighted by atomic mass is 32.2. The molecular weight excluding hydrogens is 226 g/mol. The standard InChI is InChI=1S/C10H11N3O2S/c1-16(14,15)12-9-2-4-10(5-3-9)13-7-6-11-8-13/h2-8,12H,1H3. The molecule has 1 aromatic heterocycles. The van der Waals surface area contributed by atoms with Crippen LogP contribution in [0.2, 0.25) is 0 Å². The molecule has 1 aromatic carbocycles. The molecule has 0 fully saturated rings. The number of imidazole rings is 1. The van der Waals surface area contributed by atoms with Crippen LogP contribution in [0.25, 0.3) is 5.69 Å². The number of nitrogens with one attached hydrogen (secondary N) is 1. The van der Waals surface area contributed by atoms with E-state index >= 15 is 0 Å². The molecule has 0 amide bonds. The second kappa shape index (κ2) is 3.97. The van der Waals surface area contributed by atoms with Gasteiger partial charge in [0.15, 0.2) is 0 Å². The first-order chi connectivity index (χ1) is 7.54. The number of anilines is 1. The lowest BCUT2D eigenvalue weighted by molar-refractivity contribution is 0.607. The molecule has 0 spiro atoms. The van der Waals surface area contributed by atoms with E-state index in [2.05, 4.69) is 9.71 Å². The lowest BCUT2D eigenvalue weighted by Crippen LogP contribution is -2.09. The van der Waals surface area contributed by atoms with Crippen LogP contribution in [0.3, 0.4) is 0 Å². The number of hydrogen-bond acceptors (Lipinski definition) is 3. The Labute approximate surface area is 93.8 Å². The van der Waals surface area contributed by atoms with Gasteiger partial charge in [0.1, 0.15) is 0 Å². The van der Waals surface area contributed by atoms with Crippen LogP contribution in [0.15, 0.2) is 43.0 Å². The number of rotatable bonds is 3. The third-order valence-electron chi connectivity index (χ3n) is 1.97. The first-order valence-corrected chi connectivity index (χ1v) is 6.50. The molecule has 84 valence electrons. The zero-order valence-electron chi connectivity index (χ0n) is 8.66. The lowest BCUT2D eigenvalue weighted by atomic mass is 10.3. The summed E-state index contributed by atoms with van der Waals surface area (Å²) in [4.78, 5) is 3.93. The Kier molecular flexibility index (Phi) is 2.66. The number of benzene rings is 1. The van der Waals surface area contributed by atoms with Gasteiger partial charge in [0.25, 0.3) is 0 Å². The Morgan fingerprint density at radius 1 is 1.25 bits per heavy atom. The van der Waals surface area contributed by atoms with Crippen molar-refractivity contribution in [2.24, 2.45) is 0 Å². The number of sulfonamides is 1. The highest BCUT2D eigenvalue weighted by molar-refractivity contribution is 7.92. The van der Waals surface area contributed by atoms with E-state index in [1.54, 1.807) is 24.7 Å². The summed E-state index contributed by atoms with van der Waals surface area (Å²) >= 11 is 0. The van der Waals surface area contributed by atoms with Gasteiger partial charge in [0.05, 0.1) is 12.6 Å². The largest absolute Gasteiger partial charge is 0.306 e. The van der Waals surface area contributed by atoms with Crippen molar-refractivity contribution in [1.82, 2.24) is 9.55 Å². The van der Waals surface area contributed by atoms with Gasteiger partial charge in [-0.2, -0.15) is 0 Å². The predicted molar refractivity (Wildman–Crippen MR) is 62.0 cm³/mol. The molecule has 1 heterocycles. The fourth-order valence-corrected chi connectivity index (χ4v) is 1.89. The van der Waals surface area contributed by atoms with E-state index in [0.29, 0.717) is 5.69 Å². The predicted octanol–water partition coefficient (Wildman–Crippen LogP) is 1.24. The molecule has 2 rings (SSSR count). The van der Waals surface area contributed by atoms with Crippen LogP contribution < -0.4 is 4.72 Å². The highest BCUT2D eigenvalue weighted by Crippen LogP contribution is 2.13. The van der Waals surface area contributed by atoms with E-state index in [0.717, 1.165) is 11.9 Å². The smallest absolute Gasteiger partial charge is 0.229 e. The summed E-state index contributed by atoms with van der Waals surface area (Å²) < 4.78 is 26.2. The van der Waals surface area contributed by atoms with Crippen LogP contribution in [0.4, 0.5) is 5.69 Å². The van der Waals surface area contributed by atoms with Crippen molar-refractivity contribution >= 4 is 15.7 Å². The minimum atomic E-state index is -3.21. The van der Waals surface area contributed by atoms with Crippen LogP contribution >= 0.6 is 0 Å². The topological polar surface area (TPSA) is 64.0 Å². The normalized spacial score (nSPS) is 11.3. The SMILES string of the molecule is CS(=O)(=O)Nc1ccc(-n2ccnc2)cc1. The van der Waals surface area contributed by atoms with Crippen molar-refractivity contribution in [3.63, 3.8) is 0 Å². The van der Waals surface area contributed by atoms with Gasteiger partial charge in [-0.1, -0.05) is 0 Å². The Bertz CT molecular complexity index is 559. The molecule has 0 saturated carbocycles. The molecule has 2 aromatic rings. The van der Waals surface area contributed by atoms with E-state index < -0.39 is 10.0 Å². The van der Waals surface area contributed by atoms with E-state index in [1.807, 2.05) is 22.9 Å². The average molecular weight is 237 g/mol. The average Bonchev–Trinajstić information content (AvgIpc) is 2.69. The maximum absolute atomic E-state index is 11.0. The third kappa shape index (κ3) is 2.60. The molecule has 16 heavy (non-hydrogen) atoms. The Balaban J connectivity index is 2.24. The van der Waals surface area contributed by atoms with Gasteiger partial charge in [-0.25, -0.2) is 13.4 Å². The molecule has 6 heteroatoms. The van der Waals surface area contributed by atoms with Crippen LogP contribution in [0, 0.1) is 0 Å². The van der Waals surface area contributed by atoms with E-state index in [4.69, 9.17) is 0 Å². The maximum atomic E-state index is 11.0. The van der Waals surface area contributed by atoms with E-state index in [1.165, 1.54) is 0 Å². The second-order valence-electron chi connectivity index (χ2n) is 3.39. The fraction of sp³-hybridized carbons (Fsp3) is 0.100. The summed E-state index contributed by atoms with van der Waals surface area (Å²) in [6.07, 6.45) is 6.30.